The summed E-state index contributed by atoms with van der Waals surface area (Å²) in [5.41, 5.74) is 0.427. The monoisotopic (exact) mass is 367 g/mol. The number of carbonyl (C=O) groups excluding carboxylic acids is 1. The van der Waals surface area contributed by atoms with E-state index in [0.29, 0.717) is 5.69 Å². The number of carbonyl (C=O) groups is 1. The first-order chi connectivity index (χ1) is 12.5. The highest BCUT2D eigenvalue weighted by atomic mass is 32.2. The molecular weight excluding hydrogens is 350 g/mol. The molecule has 2 aromatic carbocycles. The van der Waals surface area contributed by atoms with Crippen LogP contribution in [0.25, 0.3) is 5.69 Å². The molecule has 132 valence electrons. The lowest BCUT2D eigenvalue weighted by Crippen LogP contribution is -2.32. The van der Waals surface area contributed by atoms with Gasteiger partial charge in [-0.3, -0.25) is 14.6 Å². The highest BCUT2D eigenvalue weighted by Crippen LogP contribution is 2.18. The molecule has 7 heteroatoms. The zero-order valence-corrected chi connectivity index (χ0v) is 14.9. The number of aromatic amines is 1. The van der Waals surface area contributed by atoms with Crippen LogP contribution < -0.4 is 16.6 Å². The fourth-order valence-corrected chi connectivity index (χ4v) is 3.10. The maximum atomic E-state index is 12.3. The molecule has 2 N–H and O–H groups in total. The first kappa shape index (κ1) is 17.8. The van der Waals surface area contributed by atoms with E-state index in [1.54, 1.807) is 12.1 Å². The maximum absolute atomic E-state index is 12.3. The minimum absolute atomic E-state index is 0.140. The molecule has 0 atom stereocenters. The number of amides is 1. The quantitative estimate of drug-likeness (QED) is 0.679. The molecular formula is C19H17N3O3S. The van der Waals surface area contributed by atoms with Crippen molar-refractivity contribution in [1.82, 2.24) is 9.55 Å². The van der Waals surface area contributed by atoms with Crippen LogP contribution in [0.2, 0.25) is 0 Å². The number of hydrogen-bond donors (Lipinski definition) is 2. The van der Waals surface area contributed by atoms with E-state index in [-0.39, 0.29) is 17.5 Å². The van der Waals surface area contributed by atoms with Crippen LogP contribution in [0.3, 0.4) is 0 Å². The van der Waals surface area contributed by atoms with Gasteiger partial charge in [0.1, 0.15) is 5.82 Å². The first-order valence-corrected chi connectivity index (χ1v) is 8.92. The summed E-state index contributed by atoms with van der Waals surface area (Å²) in [6, 6.07) is 17.9. The average molecular weight is 367 g/mol. The van der Waals surface area contributed by atoms with Gasteiger partial charge < -0.3 is 5.32 Å². The number of benzene rings is 2. The summed E-state index contributed by atoms with van der Waals surface area (Å²) in [5, 5.41) is 2.66. The van der Waals surface area contributed by atoms with E-state index < -0.39 is 11.2 Å². The van der Waals surface area contributed by atoms with Gasteiger partial charge in [-0.25, -0.2) is 9.36 Å². The van der Waals surface area contributed by atoms with Crippen LogP contribution in [0.4, 0.5) is 5.82 Å². The minimum Gasteiger partial charge on any atom is -0.311 e. The third-order valence-corrected chi connectivity index (χ3v) is 4.63. The van der Waals surface area contributed by atoms with Crippen molar-refractivity contribution in [3.8, 4) is 5.69 Å². The summed E-state index contributed by atoms with van der Waals surface area (Å²) in [5.74, 6) is 0.00445. The second-order valence-corrected chi connectivity index (χ2v) is 6.69. The van der Waals surface area contributed by atoms with Crippen molar-refractivity contribution < 1.29 is 4.79 Å². The Kier molecular flexibility index (Phi) is 5.38. The van der Waals surface area contributed by atoms with E-state index >= 15 is 0 Å². The van der Waals surface area contributed by atoms with Gasteiger partial charge in [-0.15, -0.1) is 11.8 Å². The molecule has 0 saturated carbocycles. The molecule has 3 rings (SSSR count). The van der Waals surface area contributed by atoms with Crippen LogP contribution in [0.1, 0.15) is 5.56 Å². The molecule has 0 spiro atoms. The first-order valence-electron chi connectivity index (χ1n) is 7.94. The van der Waals surface area contributed by atoms with Crippen LogP contribution >= 0.6 is 11.8 Å². The molecule has 1 aromatic heterocycles. The molecule has 0 fully saturated rings. The van der Waals surface area contributed by atoms with Crippen molar-refractivity contribution >= 4 is 23.5 Å². The van der Waals surface area contributed by atoms with Crippen LogP contribution in [0.5, 0.6) is 0 Å². The summed E-state index contributed by atoms with van der Waals surface area (Å²) in [6.45, 7) is 1.93. The van der Waals surface area contributed by atoms with Crippen LogP contribution in [-0.2, 0) is 4.79 Å². The number of aromatic nitrogens is 2. The number of thioether (sulfide) groups is 1. The Labute approximate surface area is 153 Å². The van der Waals surface area contributed by atoms with Crippen molar-refractivity contribution in [3.05, 3.63) is 87.1 Å². The summed E-state index contributed by atoms with van der Waals surface area (Å²) in [7, 11) is 0. The van der Waals surface area contributed by atoms with Gasteiger partial charge >= 0.3 is 5.69 Å². The zero-order valence-electron chi connectivity index (χ0n) is 14.1. The van der Waals surface area contributed by atoms with Crippen molar-refractivity contribution in [3.63, 3.8) is 0 Å². The summed E-state index contributed by atoms with van der Waals surface area (Å²) in [4.78, 5) is 39.4. The molecule has 0 aliphatic heterocycles. The lowest BCUT2D eigenvalue weighted by molar-refractivity contribution is -0.113. The largest absolute Gasteiger partial charge is 0.334 e. The number of aryl methyl sites for hydroxylation is 1. The van der Waals surface area contributed by atoms with E-state index in [1.807, 2.05) is 49.4 Å². The Balaban J connectivity index is 1.85. The van der Waals surface area contributed by atoms with Gasteiger partial charge in [-0.05, 0) is 31.2 Å². The van der Waals surface area contributed by atoms with Crippen molar-refractivity contribution in [1.29, 1.82) is 0 Å². The fraction of sp³-hybridized carbons (Fsp3) is 0.105. The van der Waals surface area contributed by atoms with Crippen LogP contribution in [0, 0.1) is 6.92 Å². The predicted molar refractivity (Wildman–Crippen MR) is 103 cm³/mol. The molecule has 3 aromatic rings. The van der Waals surface area contributed by atoms with Gasteiger partial charge in [0, 0.05) is 11.0 Å². The molecule has 0 saturated heterocycles. The molecule has 6 nitrogen and oxygen atoms in total. The number of nitrogens with one attached hydrogen (secondary N) is 2. The van der Waals surface area contributed by atoms with E-state index in [2.05, 4.69) is 10.3 Å². The number of nitrogens with zero attached hydrogens (tertiary/aromatic N) is 1. The normalized spacial score (nSPS) is 10.5. The molecule has 0 radical (unpaired) electrons. The number of hydrogen-bond acceptors (Lipinski definition) is 4. The number of rotatable bonds is 5. The summed E-state index contributed by atoms with van der Waals surface area (Å²) >= 11 is 1.37. The molecule has 1 amide bonds. The maximum Gasteiger partial charge on any atom is 0.334 e. The SMILES string of the molecule is Cc1ccc(-n2c(NC(=O)CSc3ccccc3)cc(=O)[nH]c2=O)cc1. The lowest BCUT2D eigenvalue weighted by Gasteiger charge is -2.13. The Morgan fingerprint density at radius 3 is 2.46 bits per heavy atom. The van der Waals surface area contributed by atoms with E-state index in [4.69, 9.17) is 0 Å². The summed E-state index contributed by atoms with van der Waals surface area (Å²) in [6.07, 6.45) is 0. The Morgan fingerprint density at radius 2 is 1.77 bits per heavy atom. The fourth-order valence-electron chi connectivity index (χ4n) is 2.38. The van der Waals surface area contributed by atoms with Crippen molar-refractivity contribution in [2.75, 3.05) is 11.1 Å². The van der Waals surface area contributed by atoms with E-state index in [9.17, 15) is 14.4 Å². The molecule has 0 bridgehead atoms. The van der Waals surface area contributed by atoms with Gasteiger partial charge in [-0.1, -0.05) is 35.9 Å². The summed E-state index contributed by atoms with van der Waals surface area (Å²) < 4.78 is 1.27. The second kappa shape index (κ2) is 7.88. The Bertz CT molecular complexity index is 1020. The molecule has 26 heavy (non-hydrogen) atoms. The van der Waals surface area contributed by atoms with Crippen LogP contribution in [-0.4, -0.2) is 21.2 Å². The Morgan fingerprint density at radius 1 is 1.08 bits per heavy atom. The van der Waals surface area contributed by atoms with Crippen LogP contribution in [0.15, 0.2) is 75.1 Å². The zero-order chi connectivity index (χ0) is 18.5. The Hall–Kier alpha value is -3.06. The van der Waals surface area contributed by atoms with Gasteiger partial charge in [0.2, 0.25) is 5.91 Å². The van der Waals surface area contributed by atoms with Crippen molar-refractivity contribution in [2.24, 2.45) is 0 Å². The molecule has 0 unspecified atom stereocenters. The highest BCUT2D eigenvalue weighted by Gasteiger charge is 2.12. The van der Waals surface area contributed by atoms with Gasteiger partial charge in [0.15, 0.2) is 0 Å². The van der Waals surface area contributed by atoms with Gasteiger partial charge in [0.05, 0.1) is 11.4 Å². The van der Waals surface area contributed by atoms with Gasteiger partial charge in [0.25, 0.3) is 5.56 Å². The molecule has 0 aliphatic rings. The van der Waals surface area contributed by atoms with Gasteiger partial charge in [-0.2, -0.15) is 0 Å². The standard InChI is InChI=1S/C19H17N3O3S/c1-13-7-9-14(10-8-13)22-16(11-17(23)21-19(22)25)20-18(24)12-26-15-5-3-2-4-6-15/h2-11H,12H2,1H3,(H,20,24)(H,21,23,25). The van der Waals surface area contributed by atoms with E-state index in [1.165, 1.54) is 22.4 Å². The second-order valence-electron chi connectivity index (χ2n) is 5.64. The minimum atomic E-state index is -0.604. The third-order valence-electron chi connectivity index (χ3n) is 3.61. The number of anilines is 1. The molecule has 0 aliphatic carbocycles. The topological polar surface area (TPSA) is 84.0 Å². The smallest absolute Gasteiger partial charge is 0.311 e. The third kappa shape index (κ3) is 4.31. The van der Waals surface area contributed by atoms with Crippen molar-refractivity contribution in [2.45, 2.75) is 11.8 Å². The highest BCUT2D eigenvalue weighted by molar-refractivity contribution is 8.00. The number of H-pyrrole nitrogens is 1. The predicted octanol–water partition coefficient (Wildman–Crippen LogP) is 2.57. The average Bonchev–Trinajstić information content (AvgIpc) is 2.62. The lowest BCUT2D eigenvalue weighted by atomic mass is 10.2. The molecule has 1 heterocycles. The van der Waals surface area contributed by atoms with E-state index in [0.717, 1.165) is 10.5 Å².